The maximum atomic E-state index is 12.5. The molecule has 0 saturated carbocycles. The van der Waals surface area contributed by atoms with Gasteiger partial charge < -0.3 is 5.73 Å². The standard InChI is InChI=1S/C12H17ClN2O2S/c1-8-5-9(2)15(7-8)18(16,17)12-4-3-10(14)6-11(12)13/h3-4,6,8-9H,5,7,14H2,1-2H3. The van der Waals surface area contributed by atoms with Crippen molar-refractivity contribution in [1.82, 2.24) is 4.31 Å². The van der Waals surface area contributed by atoms with Gasteiger partial charge in [-0.3, -0.25) is 0 Å². The highest BCUT2D eigenvalue weighted by Gasteiger charge is 2.36. The summed E-state index contributed by atoms with van der Waals surface area (Å²) in [4.78, 5) is 0.138. The highest BCUT2D eigenvalue weighted by Crippen LogP contribution is 2.32. The van der Waals surface area contributed by atoms with Crippen LogP contribution in [0, 0.1) is 5.92 Å². The SMILES string of the molecule is CC1CC(C)N(S(=O)(=O)c2ccc(N)cc2Cl)C1. The van der Waals surface area contributed by atoms with E-state index in [4.69, 9.17) is 17.3 Å². The van der Waals surface area contributed by atoms with Gasteiger partial charge in [0.25, 0.3) is 0 Å². The molecule has 0 aliphatic carbocycles. The lowest BCUT2D eigenvalue weighted by Crippen LogP contribution is -2.34. The average molecular weight is 289 g/mol. The summed E-state index contributed by atoms with van der Waals surface area (Å²) in [5.74, 6) is 0.377. The molecule has 2 rings (SSSR count). The van der Waals surface area contributed by atoms with Crippen LogP contribution in [-0.4, -0.2) is 25.3 Å². The molecule has 1 aromatic rings. The molecule has 6 heteroatoms. The predicted molar refractivity (Wildman–Crippen MR) is 73.0 cm³/mol. The van der Waals surface area contributed by atoms with Crippen molar-refractivity contribution < 1.29 is 8.42 Å². The van der Waals surface area contributed by atoms with Crippen LogP contribution in [0.2, 0.25) is 5.02 Å². The van der Waals surface area contributed by atoms with Crippen molar-refractivity contribution in [2.45, 2.75) is 31.2 Å². The van der Waals surface area contributed by atoms with E-state index in [9.17, 15) is 8.42 Å². The van der Waals surface area contributed by atoms with Gasteiger partial charge >= 0.3 is 0 Å². The quantitative estimate of drug-likeness (QED) is 0.850. The maximum absolute atomic E-state index is 12.5. The number of nitrogens with zero attached hydrogens (tertiary/aromatic N) is 1. The third-order valence-electron chi connectivity index (χ3n) is 3.27. The molecule has 1 saturated heterocycles. The summed E-state index contributed by atoms with van der Waals surface area (Å²) in [6.45, 7) is 4.52. The lowest BCUT2D eigenvalue weighted by molar-refractivity contribution is 0.405. The van der Waals surface area contributed by atoms with Crippen LogP contribution in [0.1, 0.15) is 20.3 Å². The van der Waals surface area contributed by atoms with Crippen LogP contribution >= 0.6 is 11.6 Å². The monoisotopic (exact) mass is 288 g/mol. The molecule has 0 radical (unpaired) electrons. The number of rotatable bonds is 2. The highest BCUT2D eigenvalue weighted by atomic mass is 35.5. The van der Waals surface area contributed by atoms with Crippen LogP contribution in [0.15, 0.2) is 23.1 Å². The van der Waals surface area contributed by atoms with Crippen molar-refractivity contribution in [2.24, 2.45) is 5.92 Å². The molecule has 2 atom stereocenters. The molecule has 0 bridgehead atoms. The summed E-state index contributed by atoms with van der Waals surface area (Å²) in [5, 5.41) is 0.182. The lowest BCUT2D eigenvalue weighted by atomic mass is 10.1. The molecule has 1 aromatic carbocycles. The maximum Gasteiger partial charge on any atom is 0.244 e. The van der Waals surface area contributed by atoms with Crippen LogP contribution in [0.25, 0.3) is 0 Å². The van der Waals surface area contributed by atoms with E-state index in [2.05, 4.69) is 6.92 Å². The van der Waals surface area contributed by atoms with E-state index in [0.717, 1.165) is 6.42 Å². The molecule has 2 unspecified atom stereocenters. The second kappa shape index (κ2) is 4.72. The minimum absolute atomic E-state index is 0.0126. The van der Waals surface area contributed by atoms with Gasteiger partial charge in [-0.05, 0) is 37.5 Å². The molecule has 1 aliphatic heterocycles. The largest absolute Gasteiger partial charge is 0.399 e. The Hall–Kier alpha value is -0.780. The molecule has 2 N–H and O–H groups in total. The summed E-state index contributed by atoms with van der Waals surface area (Å²) >= 11 is 5.99. The summed E-state index contributed by atoms with van der Waals surface area (Å²) in [7, 11) is -3.52. The molecule has 18 heavy (non-hydrogen) atoms. The summed E-state index contributed by atoms with van der Waals surface area (Å²) in [6, 6.07) is 4.52. The minimum Gasteiger partial charge on any atom is -0.399 e. The Kier molecular flexibility index (Phi) is 3.58. The van der Waals surface area contributed by atoms with E-state index < -0.39 is 10.0 Å². The molecular weight excluding hydrogens is 272 g/mol. The Bertz CT molecular complexity index is 559. The number of nitrogen functional groups attached to an aromatic ring is 1. The van der Waals surface area contributed by atoms with Gasteiger partial charge in [-0.15, -0.1) is 0 Å². The topological polar surface area (TPSA) is 63.4 Å². The number of hydrogen-bond donors (Lipinski definition) is 1. The first-order chi connectivity index (χ1) is 8.32. The van der Waals surface area contributed by atoms with Crippen molar-refractivity contribution in [3.63, 3.8) is 0 Å². The molecule has 0 amide bonds. The zero-order chi connectivity index (χ0) is 13.5. The number of sulfonamides is 1. The van der Waals surface area contributed by atoms with Crippen molar-refractivity contribution in [3.8, 4) is 0 Å². The highest BCUT2D eigenvalue weighted by molar-refractivity contribution is 7.89. The Labute approximate surface area is 113 Å². The van der Waals surface area contributed by atoms with Crippen molar-refractivity contribution in [1.29, 1.82) is 0 Å². The van der Waals surface area contributed by atoms with Crippen LogP contribution in [0.5, 0.6) is 0 Å². The third kappa shape index (κ3) is 2.35. The molecular formula is C12H17ClN2O2S. The molecule has 4 nitrogen and oxygen atoms in total. The summed E-state index contributed by atoms with van der Waals surface area (Å²) in [5.41, 5.74) is 6.04. The number of nitrogens with two attached hydrogens (primary N) is 1. The van der Waals surface area contributed by atoms with Gasteiger partial charge in [-0.2, -0.15) is 4.31 Å². The van der Waals surface area contributed by atoms with E-state index in [1.54, 1.807) is 6.07 Å². The van der Waals surface area contributed by atoms with Crippen LogP contribution in [0.3, 0.4) is 0 Å². The van der Waals surface area contributed by atoms with Crippen molar-refractivity contribution in [2.75, 3.05) is 12.3 Å². The Morgan fingerprint density at radius 3 is 2.56 bits per heavy atom. The van der Waals surface area contributed by atoms with Gasteiger partial charge in [-0.1, -0.05) is 18.5 Å². The van der Waals surface area contributed by atoms with Gasteiger partial charge in [0, 0.05) is 18.3 Å². The molecule has 0 aromatic heterocycles. The van der Waals surface area contributed by atoms with Crippen molar-refractivity contribution >= 4 is 27.3 Å². The van der Waals surface area contributed by atoms with E-state index in [1.165, 1.54) is 16.4 Å². The van der Waals surface area contributed by atoms with E-state index in [0.29, 0.717) is 18.2 Å². The zero-order valence-corrected chi connectivity index (χ0v) is 12.0. The second-order valence-corrected chi connectivity index (χ2v) is 7.22. The second-order valence-electron chi connectivity index (χ2n) is 4.95. The van der Waals surface area contributed by atoms with Gasteiger partial charge in [-0.25, -0.2) is 8.42 Å². The lowest BCUT2D eigenvalue weighted by Gasteiger charge is -2.21. The van der Waals surface area contributed by atoms with Crippen molar-refractivity contribution in [3.05, 3.63) is 23.2 Å². The van der Waals surface area contributed by atoms with Gasteiger partial charge in [0.1, 0.15) is 4.90 Å². The van der Waals surface area contributed by atoms with E-state index >= 15 is 0 Å². The number of hydrogen-bond acceptors (Lipinski definition) is 3. The van der Waals surface area contributed by atoms with Gasteiger partial charge in [0.15, 0.2) is 0 Å². The smallest absolute Gasteiger partial charge is 0.244 e. The third-order valence-corrected chi connectivity index (χ3v) is 5.73. The summed E-state index contributed by atoms with van der Waals surface area (Å²) in [6.07, 6.45) is 0.881. The van der Waals surface area contributed by atoms with Gasteiger partial charge in [0.05, 0.1) is 5.02 Å². The van der Waals surface area contributed by atoms with Gasteiger partial charge in [0.2, 0.25) is 10.0 Å². The Balaban J connectivity index is 2.42. The predicted octanol–water partition coefficient (Wildman–Crippen LogP) is 2.34. The Morgan fingerprint density at radius 1 is 1.39 bits per heavy atom. The van der Waals surface area contributed by atoms with Crippen LogP contribution < -0.4 is 5.73 Å². The van der Waals surface area contributed by atoms with Crippen LogP contribution in [-0.2, 0) is 10.0 Å². The Morgan fingerprint density at radius 2 is 2.06 bits per heavy atom. The minimum atomic E-state index is -3.52. The first-order valence-corrected chi connectivity index (χ1v) is 7.71. The summed E-state index contributed by atoms with van der Waals surface area (Å²) < 4.78 is 26.6. The van der Waals surface area contributed by atoms with E-state index in [-0.39, 0.29) is 16.0 Å². The van der Waals surface area contributed by atoms with Crippen LogP contribution in [0.4, 0.5) is 5.69 Å². The fourth-order valence-electron chi connectivity index (χ4n) is 2.45. The normalized spacial score (nSPS) is 25.5. The molecule has 1 heterocycles. The molecule has 0 spiro atoms. The number of halogens is 1. The molecule has 1 aliphatic rings. The fourth-order valence-corrected chi connectivity index (χ4v) is 4.74. The fraction of sp³-hybridized carbons (Fsp3) is 0.500. The molecule has 100 valence electrons. The molecule has 1 fully saturated rings. The number of benzene rings is 1. The number of anilines is 1. The zero-order valence-electron chi connectivity index (χ0n) is 10.4. The first kappa shape index (κ1) is 13.6. The average Bonchev–Trinajstić information content (AvgIpc) is 2.57. The first-order valence-electron chi connectivity index (χ1n) is 5.89. The van der Waals surface area contributed by atoms with E-state index in [1.807, 2.05) is 6.92 Å².